The van der Waals surface area contributed by atoms with Gasteiger partial charge in [-0.2, -0.15) is 0 Å². The Morgan fingerprint density at radius 2 is 1.95 bits per heavy atom. The third-order valence-electron chi connectivity index (χ3n) is 3.43. The molecule has 0 aliphatic heterocycles. The Balaban J connectivity index is 1.88. The molecule has 4 heteroatoms. The first-order valence-corrected chi connectivity index (χ1v) is 8.24. The molecule has 2 N–H and O–H groups in total. The molecule has 4 nitrogen and oxygen atoms in total. The Labute approximate surface area is 128 Å². The fourth-order valence-electron chi connectivity index (χ4n) is 2.20. The van der Waals surface area contributed by atoms with E-state index in [4.69, 9.17) is 9.15 Å². The zero-order chi connectivity index (χ0) is 15.3. The average Bonchev–Trinajstić information content (AvgIpc) is 2.87. The molecule has 1 atom stereocenters. The van der Waals surface area contributed by atoms with Crippen LogP contribution in [0, 0.1) is 6.92 Å². The molecule has 0 aliphatic carbocycles. The van der Waals surface area contributed by atoms with Gasteiger partial charge in [0, 0.05) is 13.2 Å². The fraction of sp³-hybridized carbons (Fsp3) is 0.765. The standard InChI is InChI=1S/C17H31NO3/c1-3-4-5-6-7-8-11-20-14-16(19)12-18-13-17-10-9-15(2)21-17/h9-10,16,18-19H,3-8,11-14H2,1-2H3. The highest BCUT2D eigenvalue weighted by Gasteiger charge is 2.05. The maximum absolute atomic E-state index is 9.79. The largest absolute Gasteiger partial charge is 0.465 e. The Bertz CT molecular complexity index is 352. The van der Waals surface area contributed by atoms with Crippen LogP contribution >= 0.6 is 0 Å². The highest BCUT2D eigenvalue weighted by molar-refractivity contribution is 5.05. The van der Waals surface area contributed by atoms with Crippen LogP contribution in [0.2, 0.25) is 0 Å². The second kappa shape index (κ2) is 11.8. The first kappa shape index (κ1) is 18.2. The van der Waals surface area contributed by atoms with Gasteiger partial charge in [0.05, 0.1) is 19.3 Å². The van der Waals surface area contributed by atoms with Crippen molar-refractivity contribution < 1.29 is 14.3 Å². The van der Waals surface area contributed by atoms with Crippen molar-refractivity contribution in [1.82, 2.24) is 5.32 Å². The highest BCUT2D eigenvalue weighted by Crippen LogP contribution is 2.06. The number of aliphatic hydroxyl groups excluding tert-OH is 1. The second-order valence-corrected chi connectivity index (χ2v) is 5.64. The van der Waals surface area contributed by atoms with Crippen molar-refractivity contribution in [2.45, 2.75) is 65.0 Å². The Morgan fingerprint density at radius 3 is 2.67 bits per heavy atom. The zero-order valence-corrected chi connectivity index (χ0v) is 13.6. The summed E-state index contributed by atoms with van der Waals surface area (Å²) >= 11 is 0. The minimum Gasteiger partial charge on any atom is -0.465 e. The maximum atomic E-state index is 9.79. The number of hydrogen-bond donors (Lipinski definition) is 2. The molecule has 0 bridgehead atoms. The van der Waals surface area contributed by atoms with Gasteiger partial charge in [0.15, 0.2) is 0 Å². The highest BCUT2D eigenvalue weighted by atomic mass is 16.5. The molecule has 21 heavy (non-hydrogen) atoms. The third kappa shape index (κ3) is 9.67. The molecule has 1 aromatic rings. The number of unbranched alkanes of at least 4 members (excludes halogenated alkanes) is 5. The number of hydrogen-bond acceptors (Lipinski definition) is 4. The molecule has 1 aromatic heterocycles. The lowest BCUT2D eigenvalue weighted by molar-refractivity contribution is 0.0351. The lowest BCUT2D eigenvalue weighted by Gasteiger charge is -2.11. The third-order valence-corrected chi connectivity index (χ3v) is 3.43. The predicted molar refractivity (Wildman–Crippen MR) is 85.4 cm³/mol. The predicted octanol–water partition coefficient (Wildman–Crippen LogP) is 3.42. The van der Waals surface area contributed by atoms with E-state index in [1.54, 1.807) is 0 Å². The first-order chi connectivity index (χ1) is 10.2. The molecule has 0 radical (unpaired) electrons. The topological polar surface area (TPSA) is 54.6 Å². The van der Waals surface area contributed by atoms with Crippen molar-refractivity contribution in [2.24, 2.45) is 0 Å². The summed E-state index contributed by atoms with van der Waals surface area (Å²) in [5.74, 6) is 1.81. The molecule has 1 heterocycles. The molecule has 1 unspecified atom stereocenters. The van der Waals surface area contributed by atoms with Crippen molar-refractivity contribution >= 4 is 0 Å². The second-order valence-electron chi connectivity index (χ2n) is 5.64. The molecule has 0 saturated carbocycles. The molecule has 0 amide bonds. The number of ether oxygens (including phenoxy) is 1. The van der Waals surface area contributed by atoms with Crippen LogP contribution in [0.1, 0.15) is 57.0 Å². The molecule has 0 aliphatic rings. The van der Waals surface area contributed by atoms with E-state index in [0.29, 0.717) is 19.7 Å². The van der Waals surface area contributed by atoms with Gasteiger partial charge in [0.25, 0.3) is 0 Å². The Morgan fingerprint density at radius 1 is 1.19 bits per heavy atom. The summed E-state index contributed by atoms with van der Waals surface area (Å²) in [5, 5.41) is 13.0. The molecule has 0 aromatic carbocycles. The van der Waals surface area contributed by atoms with E-state index in [2.05, 4.69) is 12.2 Å². The van der Waals surface area contributed by atoms with Crippen LogP contribution < -0.4 is 5.32 Å². The average molecular weight is 297 g/mol. The van der Waals surface area contributed by atoms with Gasteiger partial charge in [0.1, 0.15) is 11.5 Å². The van der Waals surface area contributed by atoms with E-state index in [0.717, 1.165) is 24.5 Å². The Hall–Kier alpha value is -0.840. The van der Waals surface area contributed by atoms with Gasteiger partial charge >= 0.3 is 0 Å². The van der Waals surface area contributed by atoms with Gasteiger partial charge in [-0.25, -0.2) is 0 Å². The number of furan rings is 1. The fourth-order valence-corrected chi connectivity index (χ4v) is 2.20. The lowest BCUT2D eigenvalue weighted by Crippen LogP contribution is -2.30. The van der Waals surface area contributed by atoms with Gasteiger partial charge < -0.3 is 19.6 Å². The minimum absolute atomic E-state index is 0.402. The van der Waals surface area contributed by atoms with Gasteiger partial charge in [-0.3, -0.25) is 0 Å². The molecular weight excluding hydrogens is 266 g/mol. The van der Waals surface area contributed by atoms with Crippen molar-refractivity contribution in [1.29, 1.82) is 0 Å². The van der Waals surface area contributed by atoms with Crippen molar-refractivity contribution in [3.63, 3.8) is 0 Å². The smallest absolute Gasteiger partial charge is 0.117 e. The monoisotopic (exact) mass is 297 g/mol. The van der Waals surface area contributed by atoms with Crippen LogP contribution in [-0.4, -0.2) is 31.0 Å². The summed E-state index contributed by atoms with van der Waals surface area (Å²) in [6.07, 6.45) is 7.11. The first-order valence-electron chi connectivity index (χ1n) is 8.24. The summed E-state index contributed by atoms with van der Waals surface area (Å²) in [6.45, 7) is 6.47. The summed E-state index contributed by atoms with van der Waals surface area (Å²) < 4.78 is 10.9. The van der Waals surface area contributed by atoms with E-state index in [-0.39, 0.29) is 0 Å². The zero-order valence-electron chi connectivity index (χ0n) is 13.6. The van der Waals surface area contributed by atoms with E-state index >= 15 is 0 Å². The minimum atomic E-state index is -0.457. The van der Waals surface area contributed by atoms with Crippen LogP contribution in [-0.2, 0) is 11.3 Å². The lowest BCUT2D eigenvalue weighted by atomic mass is 10.1. The molecule has 0 spiro atoms. The maximum Gasteiger partial charge on any atom is 0.117 e. The quantitative estimate of drug-likeness (QED) is 0.548. The summed E-state index contributed by atoms with van der Waals surface area (Å²) in [4.78, 5) is 0. The summed E-state index contributed by atoms with van der Waals surface area (Å²) in [7, 11) is 0. The van der Waals surface area contributed by atoms with Crippen LogP contribution in [0.15, 0.2) is 16.5 Å². The van der Waals surface area contributed by atoms with E-state index in [1.165, 1.54) is 32.1 Å². The van der Waals surface area contributed by atoms with E-state index in [1.807, 2.05) is 19.1 Å². The molecule has 0 saturated heterocycles. The number of rotatable bonds is 13. The Kier molecular flexibility index (Phi) is 10.2. The van der Waals surface area contributed by atoms with Crippen LogP contribution in [0.3, 0.4) is 0 Å². The normalized spacial score (nSPS) is 12.7. The van der Waals surface area contributed by atoms with E-state index in [9.17, 15) is 5.11 Å². The van der Waals surface area contributed by atoms with Crippen LogP contribution in [0.5, 0.6) is 0 Å². The van der Waals surface area contributed by atoms with Crippen molar-refractivity contribution in [2.75, 3.05) is 19.8 Å². The molecule has 1 rings (SSSR count). The SMILES string of the molecule is CCCCCCCCOCC(O)CNCc1ccc(C)o1. The van der Waals surface area contributed by atoms with Crippen molar-refractivity contribution in [3.8, 4) is 0 Å². The molecule has 0 fully saturated rings. The number of aryl methyl sites for hydroxylation is 1. The number of aliphatic hydroxyl groups is 1. The van der Waals surface area contributed by atoms with Gasteiger partial charge in [0.2, 0.25) is 0 Å². The van der Waals surface area contributed by atoms with Crippen LogP contribution in [0.25, 0.3) is 0 Å². The van der Waals surface area contributed by atoms with E-state index < -0.39 is 6.10 Å². The van der Waals surface area contributed by atoms with Gasteiger partial charge in [-0.05, 0) is 25.5 Å². The van der Waals surface area contributed by atoms with Gasteiger partial charge in [-0.15, -0.1) is 0 Å². The number of nitrogens with one attached hydrogen (secondary N) is 1. The summed E-state index contributed by atoms with van der Waals surface area (Å²) in [5.41, 5.74) is 0. The summed E-state index contributed by atoms with van der Waals surface area (Å²) in [6, 6.07) is 3.89. The van der Waals surface area contributed by atoms with Crippen LogP contribution in [0.4, 0.5) is 0 Å². The van der Waals surface area contributed by atoms with Gasteiger partial charge in [-0.1, -0.05) is 39.0 Å². The van der Waals surface area contributed by atoms with Crippen molar-refractivity contribution in [3.05, 3.63) is 23.7 Å². The molecular formula is C17H31NO3. The molecule has 122 valence electrons.